The van der Waals surface area contributed by atoms with Gasteiger partial charge in [-0.05, 0) is 0 Å². The van der Waals surface area contributed by atoms with Crippen LogP contribution in [-0.4, -0.2) is 119 Å². The maximum atomic E-state index is 11.7. The molecule has 1 fully saturated rings. The van der Waals surface area contributed by atoms with Crippen molar-refractivity contribution < 1.29 is 33.8 Å². The van der Waals surface area contributed by atoms with Gasteiger partial charge in [0.15, 0.2) is 17.4 Å². The summed E-state index contributed by atoms with van der Waals surface area (Å²) < 4.78 is 21.2. The second kappa shape index (κ2) is 7.71. The molecule has 0 spiro atoms. The van der Waals surface area contributed by atoms with Crippen molar-refractivity contribution in [3.8, 4) is 0 Å². The summed E-state index contributed by atoms with van der Waals surface area (Å²) in [6.45, 7) is -0.679. The molecule has 0 radical (unpaired) electrons. The summed E-state index contributed by atoms with van der Waals surface area (Å²) in [6.07, 6.45) is -5.64. The monoisotopic (exact) mass is 502 g/mol. The molecule has 0 aliphatic carbocycles. The number of nitrogens with zero attached hydrogens (tertiary/aromatic N) is 4. The number of hydrogen-bond acceptors (Lipinski definition) is 10. The molecule has 1 aliphatic rings. The first kappa shape index (κ1) is 20.9. The standard InChI is InChI=1S/C9H13N6O8P.Ba/c10-9-11-6-3(7(18)12-9)13-14-15(6)8-5(17)4(16)2(23-8)1-22-24(19,20)21;/h2,4-5,8,16-17H,1H2,(H2,19,20,21)(H3,10,11,12,18);/q;+2. The summed E-state index contributed by atoms with van der Waals surface area (Å²) >= 11 is 0. The number of aliphatic hydroxyl groups excluding tert-OH is 2. The second-order valence-electron chi connectivity index (χ2n) is 4.99. The number of aromatic amines is 1. The number of ether oxygens (including phenoxy) is 1. The van der Waals surface area contributed by atoms with E-state index in [9.17, 15) is 19.6 Å². The number of nitrogens with one attached hydrogen (secondary N) is 1. The number of phosphoric acid groups is 1. The van der Waals surface area contributed by atoms with Crippen LogP contribution in [0.25, 0.3) is 11.2 Å². The molecule has 0 aromatic carbocycles. The third-order valence-corrected chi connectivity index (χ3v) is 3.82. The van der Waals surface area contributed by atoms with E-state index in [4.69, 9.17) is 20.3 Å². The third kappa shape index (κ3) is 4.32. The molecule has 14 nitrogen and oxygen atoms in total. The Labute approximate surface area is 178 Å². The Kier molecular flexibility index (Phi) is 6.46. The van der Waals surface area contributed by atoms with Crippen molar-refractivity contribution in [2.75, 3.05) is 12.3 Å². The SMILES string of the molecule is Nc1nc2c(nnn2C2OC(COP(=O)(O)O)C(O)C2O)c(=O)[nH]1.[Ba+2]. The first-order chi connectivity index (χ1) is 11.2. The van der Waals surface area contributed by atoms with Gasteiger partial charge in [-0.15, -0.1) is 5.10 Å². The minimum atomic E-state index is -4.78. The average molecular weight is 502 g/mol. The number of rotatable bonds is 4. The predicted molar refractivity (Wildman–Crippen MR) is 80.0 cm³/mol. The van der Waals surface area contributed by atoms with E-state index in [1.165, 1.54) is 0 Å². The molecule has 7 N–H and O–H groups in total. The van der Waals surface area contributed by atoms with E-state index in [0.717, 1.165) is 4.68 Å². The molecule has 0 bridgehead atoms. The number of nitrogens with two attached hydrogens (primary N) is 1. The van der Waals surface area contributed by atoms with Gasteiger partial charge in [0.25, 0.3) is 5.56 Å². The van der Waals surface area contributed by atoms with Crippen molar-refractivity contribution >= 4 is 73.8 Å². The van der Waals surface area contributed by atoms with Gasteiger partial charge in [0, 0.05) is 0 Å². The molecule has 4 atom stereocenters. The number of fused-ring (bicyclic) bond motifs is 1. The average Bonchev–Trinajstić information content (AvgIpc) is 3.00. The molecular weight excluding hydrogens is 488 g/mol. The molecule has 2 aromatic rings. The fraction of sp³-hybridized carbons (Fsp3) is 0.556. The molecular formula is C9H13BaN6O8P+2. The van der Waals surface area contributed by atoms with E-state index in [1.807, 2.05) is 0 Å². The summed E-state index contributed by atoms with van der Waals surface area (Å²) in [5.74, 6) is -0.217. The zero-order chi connectivity index (χ0) is 17.6. The van der Waals surface area contributed by atoms with Crippen LogP contribution in [0.3, 0.4) is 0 Å². The van der Waals surface area contributed by atoms with Crippen molar-refractivity contribution in [3.05, 3.63) is 10.4 Å². The molecule has 1 aliphatic heterocycles. The van der Waals surface area contributed by atoms with Crippen molar-refractivity contribution in [1.29, 1.82) is 0 Å². The van der Waals surface area contributed by atoms with Crippen molar-refractivity contribution in [2.45, 2.75) is 24.5 Å². The van der Waals surface area contributed by atoms with Gasteiger partial charge >= 0.3 is 56.7 Å². The van der Waals surface area contributed by atoms with Gasteiger partial charge < -0.3 is 30.5 Å². The Hall–Kier alpha value is -0.359. The van der Waals surface area contributed by atoms with Gasteiger partial charge in [0.05, 0.1) is 6.61 Å². The van der Waals surface area contributed by atoms with E-state index in [-0.39, 0.29) is 66.0 Å². The maximum absolute atomic E-state index is 11.7. The molecule has 3 rings (SSSR count). The quantitative estimate of drug-likeness (QED) is 0.177. The molecule has 2 aromatic heterocycles. The first-order valence-electron chi connectivity index (χ1n) is 6.50. The number of phosphoric ester groups is 1. The number of hydrogen-bond donors (Lipinski definition) is 6. The second-order valence-corrected chi connectivity index (χ2v) is 6.23. The first-order valence-corrected chi connectivity index (χ1v) is 8.03. The summed E-state index contributed by atoms with van der Waals surface area (Å²) in [7, 11) is -4.78. The van der Waals surface area contributed by atoms with Gasteiger partial charge in [-0.1, -0.05) is 5.21 Å². The fourth-order valence-corrected chi connectivity index (χ4v) is 2.61. The van der Waals surface area contributed by atoms with E-state index >= 15 is 0 Å². The van der Waals surface area contributed by atoms with Gasteiger partial charge in [-0.2, -0.15) is 9.67 Å². The Morgan fingerprint density at radius 2 is 2.04 bits per heavy atom. The number of aromatic nitrogens is 5. The van der Waals surface area contributed by atoms with Crippen LogP contribution in [-0.2, 0) is 13.8 Å². The van der Waals surface area contributed by atoms with Crippen LogP contribution in [0.2, 0.25) is 0 Å². The van der Waals surface area contributed by atoms with Crippen molar-refractivity contribution in [2.24, 2.45) is 0 Å². The largest absolute Gasteiger partial charge is 2.00 e. The predicted octanol–water partition coefficient (Wildman–Crippen LogP) is -3.56. The molecule has 132 valence electrons. The molecule has 3 heterocycles. The van der Waals surface area contributed by atoms with Crippen LogP contribution in [0.15, 0.2) is 4.79 Å². The fourth-order valence-electron chi connectivity index (χ4n) is 2.27. The third-order valence-electron chi connectivity index (χ3n) is 3.34. The summed E-state index contributed by atoms with van der Waals surface area (Å²) in [5, 5.41) is 27.2. The van der Waals surface area contributed by atoms with E-state index in [0.29, 0.717) is 0 Å². The number of nitrogen functional groups attached to an aromatic ring is 1. The van der Waals surface area contributed by atoms with Gasteiger partial charge in [-0.25, -0.2) is 4.57 Å². The summed E-state index contributed by atoms with van der Waals surface area (Å²) in [5.41, 5.74) is 4.53. The topological polar surface area (TPSA) is 219 Å². The summed E-state index contributed by atoms with van der Waals surface area (Å²) in [6, 6.07) is 0. The smallest absolute Gasteiger partial charge is 0.387 e. The van der Waals surface area contributed by atoms with Gasteiger partial charge in [-0.3, -0.25) is 14.3 Å². The zero-order valence-corrected chi connectivity index (χ0v) is 17.8. The Balaban J connectivity index is 0.00000225. The Bertz CT molecular complexity index is 867. The zero-order valence-electron chi connectivity index (χ0n) is 12.5. The maximum Gasteiger partial charge on any atom is 2.00 e. The minimum Gasteiger partial charge on any atom is -0.387 e. The van der Waals surface area contributed by atoms with Crippen LogP contribution in [0.5, 0.6) is 0 Å². The minimum absolute atomic E-state index is 0. The Morgan fingerprint density at radius 3 is 2.68 bits per heavy atom. The normalized spacial score (nSPS) is 26.7. The van der Waals surface area contributed by atoms with E-state index in [1.54, 1.807) is 0 Å². The van der Waals surface area contributed by atoms with Gasteiger partial charge in [0.2, 0.25) is 5.95 Å². The molecule has 0 saturated carbocycles. The number of aliphatic hydroxyl groups is 2. The van der Waals surface area contributed by atoms with E-state index in [2.05, 4.69) is 24.8 Å². The molecule has 1 saturated heterocycles. The van der Waals surface area contributed by atoms with Crippen LogP contribution in [0.4, 0.5) is 5.95 Å². The Morgan fingerprint density at radius 1 is 1.36 bits per heavy atom. The van der Waals surface area contributed by atoms with Crippen LogP contribution in [0.1, 0.15) is 6.23 Å². The van der Waals surface area contributed by atoms with Crippen LogP contribution < -0.4 is 11.3 Å². The number of H-pyrrole nitrogens is 1. The van der Waals surface area contributed by atoms with Gasteiger partial charge in [0.1, 0.15) is 18.3 Å². The van der Waals surface area contributed by atoms with E-state index < -0.39 is 44.5 Å². The molecule has 25 heavy (non-hydrogen) atoms. The van der Waals surface area contributed by atoms with Crippen LogP contribution in [0, 0.1) is 0 Å². The number of anilines is 1. The van der Waals surface area contributed by atoms with Crippen molar-refractivity contribution in [1.82, 2.24) is 25.0 Å². The molecule has 4 unspecified atom stereocenters. The van der Waals surface area contributed by atoms with Crippen LogP contribution >= 0.6 is 7.82 Å². The molecule has 0 amide bonds. The summed E-state index contributed by atoms with van der Waals surface area (Å²) in [4.78, 5) is 35.1. The molecule has 16 heteroatoms. The van der Waals surface area contributed by atoms with Crippen molar-refractivity contribution in [3.63, 3.8) is 0 Å².